The molecule has 1 atom stereocenters. The van der Waals surface area contributed by atoms with Gasteiger partial charge in [-0.3, -0.25) is 13.9 Å². The summed E-state index contributed by atoms with van der Waals surface area (Å²) in [5, 5.41) is 3.19. The van der Waals surface area contributed by atoms with Crippen LogP contribution < -0.4 is 9.62 Å². The number of carbonyl (C=O) groups is 2. The predicted molar refractivity (Wildman–Crippen MR) is 152 cm³/mol. The second-order valence-corrected chi connectivity index (χ2v) is 11.3. The summed E-state index contributed by atoms with van der Waals surface area (Å²) in [6.45, 7) is 7.47. The number of hydrogen-bond donors (Lipinski definition) is 1. The Hall–Kier alpha value is -3.36. The molecule has 2 amide bonds. The first kappa shape index (κ1) is 29.2. The van der Waals surface area contributed by atoms with E-state index in [1.165, 1.54) is 23.1 Å². The largest absolute Gasteiger partial charge is 0.355 e. The maximum atomic E-state index is 14.0. The zero-order chi connectivity index (χ0) is 27.9. The SMILES string of the molecule is CCNC(=O)[C@@H](CC)N(Cc1ccccc1C)C(=O)CN(c1ccc(C)c(Cl)c1)S(=O)(=O)c1ccccc1. The van der Waals surface area contributed by atoms with Gasteiger partial charge in [-0.15, -0.1) is 0 Å². The molecule has 0 saturated heterocycles. The van der Waals surface area contributed by atoms with Crippen LogP contribution in [-0.2, 0) is 26.2 Å². The third-order valence-electron chi connectivity index (χ3n) is 6.39. The zero-order valence-corrected chi connectivity index (χ0v) is 23.7. The van der Waals surface area contributed by atoms with Crippen LogP contribution in [0.3, 0.4) is 0 Å². The molecule has 0 heterocycles. The molecule has 0 bridgehead atoms. The molecule has 9 heteroatoms. The number of nitrogens with zero attached hydrogens (tertiary/aromatic N) is 2. The Morgan fingerprint density at radius 3 is 2.18 bits per heavy atom. The second kappa shape index (κ2) is 12.9. The van der Waals surface area contributed by atoms with Crippen molar-refractivity contribution >= 4 is 39.1 Å². The topological polar surface area (TPSA) is 86.8 Å². The zero-order valence-electron chi connectivity index (χ0n) is 22.1. The highest BCUT2D eigenvalue weighted by Gasteiger charge is 2.33. The minimum absolute atomic E-state index is 0.0470. The summed E-state index contributed by atoms with van der Waals surface area (Å²) < 4.78 is 28.7. The van der Waals surface area contributed by atoms with Crippen molar-refractivity contribution in [3.63, 3.8) is 0 Å². The van der Waals surface area contributed by atoms with Crippen molar-refractivity contribution in [1.29, 1.82) is 0 Å². The van der Waals surface area contributed by atoms with Crippen molar-refractivity contribution in [2.45, 2.75) is 51.6 Å². The van der Waals surface area contributed by atoms with Crippen LogP contribution in [0.2, 0.25) is 5.02 Å². The Labute approximate surface area is 230 Å². The van der Waals surface area contributed by atoms with Gasteiger partial charge in [0.15, 0.2) is 0 Å². The van der Waals surface area contributed by atoms with Crippen LogP contribution in [0.25, 0.3) is 0 Å². The fourth-order valence-corrected chi connectivity index (χ4v) is 5.77. The van der Waals surface area contributed by atoms with E-state index in [-0.39, 0.29) is 23.0 Å². The van der Waals surface area contributed by atoms with Crippen LogP contribution in [0.5, 0.6) is 0 Å². The summed E-state index contributed by atoms with van der Waals surface area (Å²) in [7, 11) is -4.13. The summed E-state index contributed by atoms with van der Waals surface area (Å²) in [5.41, 5.74) is 2.89. The maximum Gasteiger partial charge on any atom is 0.264 e. The average Bonchev–Trinajstić information content (AvgIpc) is 2.90. The molecular weight excluding hydrogens is 522 g/mol. The van der Waals surface area contributed by atoms with Crippen LogP contribution in [0.4, 0.5) is 5.69 Å². The van der Waals surface area contributed by atoms with Gasteiger partial charge in [0.1, 0.15) is 12.6 Å². The number of likely N-dealkylation sites (N-methyl/N-ethyl adjacent to an activating group) is 1. The van der Waals surface area contributed by atoms with Crippen molar-refractivity contribution in [3.05, 3.63) is 94.5 Å². The van der Waals surface area contributed by atoms with Crippen LogP contribution in [-0.4, -0.2) is 44.3 Å². The predicted octanol–water partition coefficient (Wildman–Crippen LogP) is 5.10. The lowest BCUT2D eigenvalue weighted by Gasteiger charge is -2.33. The number of rotatable bonds is 11. The van der Waals surface area contributed by atoms with Gasteiger partial charge >= 0.3 is 0 Å². The lowest BCUT2D eigenvalue weighted by atomic mass is 10.1. The van der Waals surface area contributed by atoms with Gasteiger partial charge in [-0.2, -0.15) is 0 Å². The average molecular weight is 556 g/mol. The number of sulfonamides is 1. The molecule has 0 unspecified atom stereocenters. The van der Waals surface area contributed by atoms with Crippen LogP contribution in [0.1, 0.15) is 37.0 Å². The van der Waals surface area contributed by atoms with Gasteiger partial charge in [0.2, 0.25) is 11.8 Å². The normalized spacial score (nSPS) is 12.0. The van der Waals surface area contributed by atoms with Crippen molar-refractivity contribution in [3.8, 4) is 0 Å². The molecule has 3 rings (SSSR count). The van der Waals surface area contributed by atoms with Gasteiger partial charge in [0.05, 0.1) is 10.6 Å². The fraction of sp³-hybridized carbons (Fsp3) is 0.310. The number of amides is 2. The third-order valence-corrected chi connectivity index (χ3v) is 8.59. The Morgan fingerprint density at radius 1 is 0.921 bits per heavy atom. The Morgan fingerprint density at radius 2 is 1.58 bits per heavy atom. The minimum atomic E-state index is -4.13. The summed E-state index contributed by atoms with van der Waals surface area (Å²) in [6, 6.07) is 19.7. The fourth-order valence-electron chi connectivity index (χ4n) is 4.17. The lowest BCUT2D eigenvalue weighted by Crippen LogP contribution is -2.52. The molecule has 0 saturated carbocycles. The summed E-state index contributed by atoms with van der Waals surface area (Å²) >= 11 is 6.36. The summed E-state index contributed by atoms with van der Waals surface area (Å²) in [6.07, 6.45) is 0.366. The highest BCUT2D eigenvalue weighted by Crippen LogP contribution is 2.28. The molecule has 202 valence electrons. The first-order chi connectivity index (χ1) is 18.1. The van der Waals surface area contributed by atoms with Gasteiger partial charge in [-0.05, 0) is 68.1 Å². The minimum Gasteiger partial charge on any atom is -0.355 e. The molecular formula is C29H34ClN3O4S. The molecule has 0 spiro atoms. The molecule has 38 heavy (non-hydrogen) atoms. The van der Waals surface area contributed by atoms with Gasteiger partial charge in [-0.25, -0.2) is 8.42 Å². The molecule has 3 aromatic carbocycles. The number of carbonyl (C=O) groups excluding carboxylic acids is 2. The smallest absolute Gasteiger partial charge is 0.264 e. The quantitative estimate of drug-likeness (QED) is 0.357. The van der Waals surface area contributed by atoms with Gasteiger partial charge in [0, 0.05) is 18.1 Å². The van der Waals surface area contributed by atoms with Gasteiger partial charge in [-0.1, -0.05) is 67.1 Å². The first-order valence-electron chi connectivity index (χ1n) is 12.6. The van der Waals surface area contributed by atoms with E-state index < -0.39 is 28.5 Å². The lowest BCUT2D eigenvalue weighted by molar-refractivity contribution is -0.140. The second-order valence-electron chi connectivity index (χ2n) is 9.02. The van der Waals surface area contributed by atoms with Gasteiger partial charge in [0.25, 0.3) is 10.0 Å². The van der Waals surface area contributed by atoms with E-state index in [1.54, 1.807) is 30.3 Å². The van der Waals surface area contributed by atoms with E-state index in [0.717, 1.165) is 21.0 Å². The van der Waals surface area contributed by atoms with Crippen LogP contribution in [0.15, 0.2) is 77.7 Å². The standard InChI is InChI=1S/C29H34ClN3O4S/c1-5-27(29(35)31-6-2)32(19-23-13-11-10-12-21(23)3)28(34)20-33(24-17-16-22(4)26(30)18-24)38(36,37)25-14-8-7-9-15-25/h7-18,27H,5-6,19-20H2,1-4H3,(H,31,35)/t27-/m1/s1. The van der Waals surface area contributed by atoms with E-state index in [2.05, 4.69) is 5.32 Å². The first-order valence-corrected chi connectivity index (χ1v) is 14.4. The van der Waals surface area contributed by atoms with E-state index in [9.17, 15) is 18.0 Å². The van der Waals surface area contributed by atoms with Crippen molar-refractivity contribution in [2.75, 3.05) is 17.4 Å². The van der Waals surface area contributed by atoms with Crippen molar-refractivity contribution in [1.82, 2.24) is 10.2 Å². The molecule has 0 aliphatic carbocycles. The number of hydrogen-bond acceptors (Lipinski definition) is 4. The van der Waals surface area contributed by atoms with Crippen molar-refractivity contribution in [2.24, 2.45) is 0 Å². The highest BCUT2D eigenvalue weighted by atomic mass is 35.5. The third kappa shape index (κ3) is 6.74. The van der Waals surface area contributed by atoms with Crippen LogP contribution >= 0.6 is 11.6 Å². The van der Waals surface area contributed by atoms with Gasteiger partial charge < -0.3 is 10.2 Å². The number of aryl methyl sites for hydroxylation is 2. The molecule has 3 aromatic rings. The monoisotopic (exact) mass is 555 g/mol. The molecule has 1 N–H and O–H groups in total. The maximum absolute atomic E-state index is 14.0. The molecule has 0 radical (unpaired) electrons. The number of halogens is 1. The van der Waals surface area contributed by atoms with Crippen LogP contribution in [0, 0.1) is 13.8 Å². The number of benzene rings is 3. The highest BCUT2D eigenvalue weighted by molar-refractivity contribution is 7.92. The Kier molecular flexibility index (Phi) is 9.94. The number of nitrogens with one attached hydrogen (secondary N) is 1. The molecule has 0 aliphatic heterocycles. The van der Waals surface area contributed by atoms with E-state index in [4.69, 9.17) is 11.6 Å². The molecule has 0 fully saturated rings. The van der Waals surface area contributed by atoms with E-state index >= 15 is 0 Å². The van der Waals surface area contributed by atoms with E-state index in [0.29, 0.717) is 18.0 Å². The Bertz CT molecular complexity index is 1380. The summed E-state index contributed by atoms with van der Waals surface area (Å²) in [5.74, 6) is -0.782. The van der Waals surface area contributed by atoms with Crippen molar-refractivity contribution < 1.29 is 18.0 Å². The van der Waals surface area contributed by atoms with E-state index in [1.807, 2.05) is 52.0 Å². The Balaban J connectivity index is 2.08. The molecule has 0 aromatic heterocycles. The molecule has 7 nitrogen and oxygen atoms in total. The number of anilines is 1. The summed E-state index contributed by atoms with van der Waals surface area (Å²) in [4.78, 5) is 28.5. The molecule has 0 aliphatic rings.